The van der Waals surface area contributed by atoms with Crippen molar-refractivity contribution in [3.05, 3.63) is 41.4 Å². The van der Waals surface area contributed by atoms with Crippen LogP contribution in [0.15, 0.2) is 30.6 Å². The second-order valence-corrected chi connectivity index (χ2v) is 10.9. The summed E-state index contributed by atoms with van der Waals surface area (Å²) in [5, 5.41) is 7.91. The van der Waals surface area contributed by atoms with Gasteiger partial charge in [0.1, 0.15) is 17.6 Å². The first-order valence-electron chi connectivity index (χ1n) is 11.4. The smallest absolute Gasteiger partial charge is 0.238 e. The van der Waals surface area contributed by atoms with Gasteiger partial charge in [0, 0.05) is 24.4 Å². The molecule has 12 nitrogen and oxygen atoms in total. The summed E-state index contributed by atoms with van der Waals surface area (Å²) in [6.07, 6.45) is 2.53. The lowest BCUT2D eigenvalue weighted by Crippen LogP contribution is -2.37. The lowest BCUT2D eigenvalue weighted by Gasteiger charge is -2.30. The number of methoxy groups -OCH3 is 1. The predicted molar refractivity (Wildman–Crippen MR) is 133 cm³/mol. The quantitative estimate of drug-likeness (QED) is 0.432. The van der Waals surface area contributed by atoms with Gasteiger partial charge in [-0.1, -0.05) is 24.6 Å². The van der Waals surface area contributed by atoms with E-state index >= 15 is 0 Å². The third kappa shape index (κ3) is 5.59. The number of nitrogens with one attached hydrogen (secondary N) is 1. The molecule has 2 unspecified atom stereocenters. The topological polar surface area (TPSA) is 143 Å². The van der Waals surface area contributed by atoms with Gasteiger partial charge in [0.15, 0.2) is 5.82 Å². The fourth-order valence-electron chi connectivity index (χ4n) is 3.78. The van der Waals surface area contributed by atoms with E-state index in [2.05, 4.69) is 29.9 Å². The first kappa shape index (κ1) is 26.2. The molecule has 14 heteroatoms. The molecule has 1 N–H and O–H groups in total. The van der Waals surface area contributed by atoms with Crippen LogP contribution in [-0.4, -0.2) is 76.4 Å². The van der Waals surface area contributed by atoms with Gasteiger partial charge in [0.2, 0.25) is 21.9 Å². The Morgan fingerprint density at radius 2 is 1.92 bits per heavy atom. The van der Waals surface area contributed by atoms with Crippen LogP contribution in [0.4, 0.5) is 5.95 Å². The highest BCUT2D eigenvalue weighted by molar-refractivity contribution is 7.93. The van der Waals surface area contributed by atoms with E-state index in [0.29, 0.717) is 48.1 Å². The van der Waals surface area contributed by atoms with E-state index in [9.17, 15) is 8.42 Å². The number of nitrogens with zero attached hydrogens (tertiary/aromatic N) is 6. The molecule has 0 spiro atoms. The second kappa shape index (κ2) is 11.0. The third-order valence-corrected chi connectivity index (χ3v) is 8.17. The number of pyridine rings is 1. The van der Waals surface area contributed by atoms with Crippen molar-refractivity contribution in [3.63, 3.8) is 0 Å². The second-order valence-electron chi connectivity index (χ2n) is 8.41. The molecule has 0 saturated carbocycles. The average molecular weight is 538 g/mol. The maximum atomic E-state index is 13.4. The molecule has 1 aliphatic heterocycles. The SMILES string of the molecule is COc1cccc(-c2nnc(NS(=O)(=O)C(C)C(C)c3ncc(Cl)cn3)n2[C@H](C)[C@@H]2COCCO2)n1. The Morgan fingerprint density at radius 1 is 1.17 bits per heavy atom. The van der Waals surface area contributed by atoms with Crippen LogP contribution in [0.5, 0.6) is 5.88 Å². The Bertz CT molecular complexity index is 1280. The molecule has 1 saturated heterocycles. The van der Waals surface area contributed by atoms with Gasteiger partial charge in [-0.05, 0) is 19.9 Å². The van der Waals surface area contributed by atoms with E-state index in [1.54, 1.807) is 36.6 Å². The standard InChI is InChI=1S/C22H28ClN7O5S/c1-13(20-24-10-16(23)11-25-20)15(3)36(31,32)29-22-28-27-21(17-6-5-7-19(26-17)33-4)30(22)14(2)18-12-34-8-9-35-18/h5-7,10-11,13-15,18H,8-9,12H2,1-4H3,(H,28,29)/t13?,14-,15?,18+/m1/s1. The van der Waals surface area contributed by atoms with Crippen molar-refractivity contribution in [2.24, 2.45) is 0 Å². The molecule has 4 rings (SSSR count). The number of anilines is 1. The maximum absolute atomic E-state index is 13.4. The Kier molecular flexibility index (Phi) is 8.03. The summed E-state index contributed by atoms with van der Waals surface area (Å²) < 4.78 is 47.8. The van der Waals surface area contributed by atoms with E-state index in [-0.39, 0.29) is 18.1 Å². The molecule has 0 aliphatic carbocycles. The van der Waals surface area contributed by atoms with E-state index < -0.39 is 21.2 Å². The molecule has 3 aromatic heterocycles. The summed E-state index contributed by atoms with van der Waals surface area (Å²) in [7, 11) is -2.43. The Labute approximate surface area is 214 Å². The molecule has 3 aromatic rings. The van der Waals surface area contributed by atoms with Crippen molar-refractivity contribution in [2.75, 3.05) is 31.7 Å². The van der Waals surface area contributed by atoms with Crippen LogP contribution < -0.4 is 9.46 Å². The zero-order valence-corrected chi connectivity index (χ0v) is 21.9. The van der Waals surface area contributed by atoms with E-state index in [0.717, 1.165) is 0 Å². The van der Waals surface area contributed by atoms with E-state index in [1.165, 1.54) is 19.5 Å². The van der Waals surface area contributed by atoms with Gasteiger partial charge >= 0.3 is 0 Å². The number of hydrogen-bond acceptors (Lipinski definition) is 10. The zero-order chi connectivity index (χ0) is 25.9. The minimum Gasteiger partial charge on any atom is -0.481 e. The van der Waals surface area contributed by atoms with Gasteiger partial charge < -0.3 is 14.2 Å². The molecule has 1 fully saturated rings. The Hall–Kier alpha value is -2.87. The highest BCUT2D eigenvalue weighted by Gasteiger charge is 2.34. The largest absolute Gasteiger partial charge is 0.481 e. The number of halogens is 1. The fraction of sp³-hybridized carbons (Fsp3) is 0.500. The molecule has 4 heterocycles. The minimum absolute atomic E-state index is 0.0346. The van der Waals surface area contributed by atoms with Crippen molar-refractivity contribution in [1.82, 2.24) is 29.7 Å². The Balaban J connectivity index is 1.69. The van der Waals surface area contributed by atoms with Crippen LogP contribution in [0, 0.1) is 0 Å². The van der Waals surface area contributed by atoms with Gasteiger partial charge in [0.25, 0.3) is 0 Å². The number of rotatable bonds is 9. The van der Waals surface area contributed by atoms with Crippen molar-refractivity contribution in [3.8, 4) is 17.4 Å². The van der Waals surface area contributed by atoms with Crippen LogP contribution in [0.1, 0.15) is 38.6 Å². The van der Waals surface area contributed by atoms with Crippen LogP contribution in [0.2, 0.25) is 5.02 Å². The Morgan fingerprint density at radius 3 is 2.58 bits per heavy atom. The summed E-state index contributed by atoms with van der Waals surface area (Å²) in [6, 6.07) is 4.84. The molecule has 0 amide bonds. The van der Waals surface area contributed by atoms with Crippen molar-refractivity contribution < 1.29 is 22.6 Å². The maximum Gasteiger partial charge on any atom is 0.238 e. The molecular weight excluding hydrogens is 510 g/mol. The van der Waals surface area contributed by atoms with Crippen molar-refractivity contribution >= 4 is 27.6 Å². The number of hydrogen-bond donors (Lipinski definition) is 1. The van der Waals surface area contributed by atoms with Crippen molar-refractivity contribution in [1.29, 1.82) is 0 Å². The first-order valence-corrected chi connectivity index (χ1v) is 13.3. The molecule has 194 valence electrons. The summed E-state index contributed by atoms with van der Waals surface area (Å²) in [4.78, 5) is 12.8. The highest BCUT2D eigenvalue weighted by Crippen LogP contribution is 2.30. The number of sulfonamides is 1. The molecular formula is C22H28ClN7O5S. The van der Waals surface area contributed by atoms with Crippen LogP contribution in [0.3, 0.4) is 0 Å². The summed E-state index contributed by atoms with van der Waals surface area (Å²) in [6.45, 7) is 6.48. The van der Waals surface area contributed by atoms with Crippen LogP contribution in [0.25, 0.3) is 11.5 Å². The molecule has 0 radical (unpaired) electrons. The van der Waals surface area contributed by atoms with Crippen LogP contribution >= 0.6 is 11.6 Å². The van der Waals surface area contributed by atoms with Gasteiger partial charge in [-0.3, -0.25) is 9.29 Å². The first-order chi connectivity index (χ1) is 17.2. The summed E-state index contributed by atoms with van der Waals surface area (Å²) in [5.41, 5.74) is 0.465. The van der Waals surface area contributed by atoms with Crippen molar-refractivity contribution in [2.45, 2.75) is 44.1 Å². The summed E-state index contributed by atoms with van der Waals surface area (Å²) in [5.74, 6) is 0.617. The normalized spacial score (nSPS) is 18.9. The molecule has 0 bridgehead atoms. The zero-order valence-electron chi connectivity index (χ0n) is 20.3. The van der Waals surface area contributed by atoms with E-state index in [1.807, 2.05) is 6.92 Å². The average Bonchev–Trinajstić information content (AvgIpc) is 3.31. The van der Waals surface area contributed by atoms with Gasteiger partial charge in [0.05, 0.1) is 43.2 Å². The molecule has 0 aromatic carbocycles. The predicted octanol–water partition coefficient (Wildman–Crippen LogP) is 2.70. The molecule has 1 aliphatic rings. The number of aromatic nitrogens is 6. The molecule has 4 atom stereocenters. The monoisotopic (exact) mass is 537 g/mol. The molecule has 36 heavy (non-hydrogen) atoms. The lowest BCUT2D eigenvalue weighted by atomic mass is 10.1. The van der Waals surface area contributed by atoms with Gasteiger partial charge in [-0.15, -0.1) is 10.2 Å². The van der Waals surface area contributed by atoms with E-state index in [4.69, 9.17) is 25.8 Å². The van der Waals surface area contributed by atoms with Gasteiger partial charge in [-0.2, -0.15) is 0 Å². The minimum atomic E-state index is -3.94. The van der Waals surface area contributed by atoms with Crippen LogP contribution in [-0.2, 0) is 19.5 Å². The fourth-order valence-corrected chi connectivity index (χ4v) is 5.12. The van der Waals surface area contributed by atoms with Gasteiger partial charge in [-0.25, -0.2) is 23.4 Å². The lowest BCUT2D eigenvalue weighted by molar-refractivity contribution is -0.104. The third-order valence-electron chi connectivity index (χ3n) is 6.12. The number of ether oxygens (including phenoxy) is 3. The summed E-state index contributed by atoms with van der Waals surface area (Å²) >= 11 is 5.87. The highest BCUT2D eigenvalue weighted by atomic mass is 35.5.